The van der Waals surface area contributed by atoms with Gasteiger partial charge in [0.05, 0.1) is 12.5 Å². The number of aryl methyl sites for hydroxylation is 1. The molecule has 0 aliphatic carbocycles. The summed E-state index contributed by atoms with van der Waals surface area (Å²) in [5.74, 6) is -1.40. The lowest BCUT2D eigenvalue weighted by atomic mass is 9.94. The van der Waals surface area contributed by atoms with Crippen molar-refractivity contribution in [2.75, 3.05) is 13.2 Å². The quantitative estimate of drug-likeness (QED) is 0.410. The Bertz CT molecular complexity index is 1120. The number of hydroxylamine groups is 1. The summed E-state index contributed by atoms with van der Waals surface area (Å²) in [6.07, 6.45) is 2.27. The monoisotopic (exact) mass is 435 g/mol. The second kappa shape index (κ2) is 9.54. The van der Waals surface area contributed by atoms with Gasteiger partial charge in [-0.2, -0.15) is 0 Å². The minimum atomic E-state index is -0.615. The van der Waals surface area contributed by atoms with Gasteiger partial charge in [-0.05, 0) is 48.6 Å². The van der Waals surface area contributed by atoms with Crippen LogP contribution in [0.1, 0.15) is 40.5 Å². The van der Waals surface area contributed by atoms with Crippen LogP contribution in [0.25, 0.3) is 10.9 Å². The first-order valence-corrected chi connectivity index (χ1v) is 11.0. The number of benzene rings is 2. The number of rotatable bonds is 6. The number of amides is 2. The SMILES string of the molecule is CCc1c(Cc2ccc(C(=O)N[C@@H]3CCOC[C@@H]3C(=O)NO)cc2)c2ccccc2n1C. The lowest BCUT2D eigenvalue weighted by Crippen LogP contribution is -2.51. The number of carbonyl (C=O) groups excluding carboxylic acids is 2. The highest BCUT2D eigenvalue weighted by Crippen LogP contribution is 2.28. The van der Waals surface area contributed by atoms with Crippen molar-refractivity contribution in [1.82, 2.24) is 15.4 Å². The Kier molecular flexibility index (Phi) is 6.58. The molecule has 2 atom stereocenters. The molecule has 1 aromatic heterocycles. The number of aromatic nitrogens is 1. The van der Waals surface area contributed by atoms with E-state index in [-0.39, 0.29) is 18.6 Å². The molecule has 168 valence electrons. The molecule has 0 bridgehead atoms. The summed E-state index contributed by atoms with van der Waals surface area (Å²) >= 11 is 0. The summed E-state index contributed by atoms with van der Waals surface area (Å²) in [6, 6.07) is 15.7. The van der Waals surface area contributed by atoms with E-state index in [1.165, 1.54) is 22.2 Å². The van der Waals surface area contributed by atoms with Crippen LogP contribution in [0.2, 0.25) is 0 Å². The molecule has 7 nitrogen and oxygen atoms in total. The average Bonchev–Trinajstić information content (AvgIpc) is 3.10. The standard InChI is InChI=1S/C25H29N3O4/c1-3-22-19(18-6-4-5-7-23(18)28(22)2)14-16-8-10-17(11-9-16)24(29)26-21-12-13-32-15-20(21)25(30)27-31/h4-11,20-21,31H,3,12-15H2,1-2H3,(H,26,29)(H,27,30)/t20-,21+/m0/s1. The first-order valence-electron chi connectivity index (χ1n) is 11.0. The summed E-state index contributed by atoms with van der Waals surface area (Å²) < 4.78 is 7.58. The fraction of sp³-hybridized carbons (Fsp3) is 0.360. The van der Waals surface area contributed by atoms with Gasteiger partial charge in [0.2, 0.25) is 0 Å². The van der Waals surface area contributed by atoms with E-state index < -0.39 is 11.8 Å². The zero-order chi connectivity index (χ0) is 22.7. The van der Waals surface area contributed by atoms with Crippen molar-refractivity contribution >= 4 is 22.7 Å². The number of para-hydroxylation sites is 1. The van der Waals surface area contributed by atoms with Crippen LogP contribution in [0.3, 0.4) is 0 Å². The molecule has 2 aromatic carbocycles. The third-order valence-electron chi connectivity index (χ3n) is 6.40. The second-order valence-corrected chi connectivity index (χ2v) is 8.25. The number of nitrogens with one attached hydrogen (secondary N) is 2. The van der Waals surface area contributed by atoms with Crippen LogP contribution in [-0.2, 0) is 29.4 Å². The molecule has 1 saturated heterocycles. The van der Waals surface area contributed by atoms with E-state index in [4.69, 9.17) is 9.94 Å². The largest absolute Gasteiger partial charge is 0.380 e. The van der Waals surface area contributed by atoms with E-state index in [0.29, 0.717) is 18.6 Å². The maximum absolute atomic E-state index is 12.8. The summed E-state index contributed by atoms with van der Waals surface area (Å²) in [7, 11) is 2.11. The molecule has 7 heteroatoms. The van der Waals surface area contributed by atoms with Crippen molar-refractivity contribution in [2.24, 2.45) is 13.0 Å². The van der Waals surface area contributed by atoms with Gasteiger partial charge in [0.25, 0.3) is 11.8 Å². The van der Waals surface area contributed by atoms with Crippen molar-refractivity contribution < 1.29 is 19.5 Å². The smallest absolute Gasteiger partial charge is 0.251 e. The summed E-state index contributed by atoms with van der Waals surface area (Å²) in [5, 5.41) is 13.1. The molecule has 3 N–H and O–H groups in total. The number of hydrogen-bond donors (Lipinski definition) is 3. The summed E-state index contributed by atoms with van der Waals surface area (Å²) in [5.41, 5.74) is 7.21. The van der Waals surface area contributed by atoms with Gasteiger partial charge in [-0.3, -0.25) is 14.8 Å². The minimum Gasteiger partial charge on any atom is -0.380 e. The van der Waals surface area contributed by atoms with E-state index in [9.17, 15) is 9.59 Å². The van der Waals surface area contributed by atoms with Crippen molar-refractivity contribution in [3.63, 3.8) is 0 Å². The third-order valence-corrected chi connectivity index (χ3v) is 6.40. The van der Waals surface area contributed by atoms with Crippen LogP contribution in [0.4, 0.5) is 0 Å². The third kappa shape index (κ3) is 4.26. The highest BCUT2D eigenvalue weighted by atomic mass is 16.5. The summed E-state index contributed by atoms with van der Waals surface area (Å²) in [6.45, 7) is 2.80. The Labute approximate surface area is 187 Å². The Hall–Kier alpha value is -3.16. The molecule has 2 heterocycles. The molecule has 2 amide bonds. The lowest BCUT2D eigenvalue weighted by molar-refractivity contribution is -0.138. The van der Waals surface area contributed by atoms with Gasteiger partial charge >= 0.3 is 0 Å². The van der Waals surface area contributed by atoms with Crippen LogP contribution in [-0.4, -0.2) is 40.8 Å². The Morgan fingerprint density at radius 2 is 1.91 bits per heavy atom. The van der Waals surface area contributed by atoms with E-state index in [1.807, 2.05) is 24.3 Å². The molecular weight excluding hydrogens is 406 g/mol. The molecule has 1 fully saturated rings. The predicted octanol–water partition coefficient (Wildman–Crippen LogP) is 2.97. The molecule has 1 aliphatic rings. The fourth-order valence-corrected chi connectivity index (χ4v) is 4.65. The number of hydrogen-bond acceptors (Lipinski definition) is 4. The van der Waals surface area contributed by atoms with Gasteiger partial charge < -0.3 is 14.6 Å². The fourth-order valence-electron chi connectivity index (χ4n) is 4.65. The van der Waals surface area contributed by atoms with Crippen molar-refractivity contribution in [3.05, 3.63) is 70.9 Å². The van der Waals surface area contributed by atoms with Gasteiger partial charge in [0.1, 0.15) is 0 Å². The first kappa shape index (κ1) is 22.0. The molecule has 0 radical (unpaired) electrons. The van der Waals surface area contributed by atoms with E-state index in [1.54, 1.807) is 5.48 Å². The number of carbonyl (C=O) groups is 2. The van der Waals surface area contributed by atoms with Gasteiger partial charge in [-0.15, -0.1) is 0 Å². The molecule has 0 saturated carbocycles. The molecule has 32 heavy (non-hydrogen) atoms. The zero-order valence-corrected chi connectivity index (χ0v) is 18.4. The minimum absolute atomic E-state index is 0.168. The van der Waals surface area contributed by atoms with Crippen molar-refractivity contribution in [1.29, 1.82) is 0 Å². The molecule has 0 spiro atoms. The molecule has 3 aromatic rings. The normalized spacial score (nSPS) is 18.5. The summed E-state index contributed by atoms with van der Waals surface area (Å²) in [4.78, 5) is 24.6. The van der Waals surface area contributed by atoms with Crippen LogP contribution >= 0.6 is 0 Å². The van der Waals surface area contributed by atoms with Gasteiger partial charge in [-0.1, -0.05) is 37.3 Å². The van der Waals surface area contributed by atoms with Crippen molar-refractivity contribution in [3.8, 4) is 0 Å². The van der Waals surface area contributed by atoms with Gasteiger partial charge in [0.15, 0.2) is 0 Å². The van der Waals surface area contributed by atoms with Crippen molar-refractivity contribution in [2.45, 2.75) is 32.2 Å². The topological polar surface area (TPSA) is 92.6 Å². The van der Waals surface area contributed by atoms with Gasteiger partial charge in [-0.25, -0.2) is 5.48 Å². The van der Waals surface area contributed by atoms with Crippen LogP contribution in [0.5, 0.6) is 0 Å². The Balaban J connectivity index is 1.50. The Morgan fingerprint density at radius 1 is 1.16 bits per heavy atom. The number of nitrogens with zero attached hydrogens (tertiary/aromatic N) is 1. The zero-order valence-electron chi connectivity index (χ0n) is 18.4. The first-order chi connectivity index (χ1) is 15.5. The van der Waals surface area contributed by atoms with E-state index in [2.05, 4.69) is 48.1 Å². The van der Waals surface area contributed by atoms with Crippen LogP contribution in [0, 0.1) is 5.92 Å². The van der Waals surface area contributed by atoms with E-state index in [0.717, 1.165) is 18.4 Å². The molecule has 4 rings (SSSR count). The molecule has 1 aliphatic heterocycles. The number of ether oxygens (including phenoxy) is 1. The highest BCUT2D eigenvalue weighted by Gasteiger charge is 2.32. The lowest BCUT2D eigenvalue weighted by Gasteiger charge is -2.30. The van der Waals surface area contributed by atoms with Crippen LogP contribution in [0.15, 0.2) is 48.5 Å². The maximum Gasteiger partial charge on any atom is 0.251 e. The second-order valence-electron chi connectivity index (χ2n) is 8.25. The maximum atomic E-state index is 12.8. The van der Waals surface area contributed by atoms with Gasteiger partial charge in [0, 0.05) is 41.9 Å². The molecule has 0 unspecified atom stereocenters. The molecular formula is C25H29N3O4. The van der Waals surface area contributed by atoms with E-state index >= 15 is 0 Å². The van der Waals surface area contributed by atoms with Crippen LogP contribution < -0.4 is 10.8 Å². The highest BCUT2D eigenvalue weighted by molar-refractivity contribution is 5.95. The Morgan fingerprint density at radius 3 is 2.62 bits per heavy atom. The average molecular weight is 436 g/mol. The predicted molar refractivity (Wildman–Crippen MR) is 122 cm³/mol. The number of fused-ring (bicyclic) bond motifs is 1.